The van der Waals surface area contributed by atoms with Gasteiger partial charge in [-0.25, -0.2) is 8.42 Å². The Morgan fingerprint density at radius 2 is 1.63 bits per heavy atom. The van der Waals surface area contributed by atoms with E-state index < -0.39 is 15.9 Å². The van der Waals surface area contributed by atoms with Gasteiger partial charge in [0.15, 0.2) is 23.9 Å². The SMILES string of the molecule is COc1ccccc1OCC(=O)Nc1cc(S(=O)(=O)N2CCOCC2)ccc1Oc1ccccc1. The number of nitrogens with one attached hydrogen (secondary N) is 1. The second kappa shape index (κ2) is 11.2. The number of morpholine rings is 1. The quantitative estimate of drug-likeness (QED) is 0.481. The normalized spacial score (nSPS) is 14.2. The molecule has 1 amide bonds. The van der Waals surface area contributed by atoms with E-state index in [9.17, 15) is 13.2 Å². The molecule has 0 aliphatic carbocycles. The Kier molecular flexibility index (Phi) is 7.86. The summed E-state index contributed by atoms with van der Waals surface area (Å²) in [5.41, 5.74) is 0.205. The van der Waals surface area contributed by atoms with Crippen LogP contribution in [0.15, 0.2) is 77.7 Å². The molecular formula is C25H26N2O7S. The summed E-state index contributed by atoms with van der Waals surface area (Å²) in [4.78, 5) is 12.8. The molecule has 1 fully saturated rings. The van der Waals surface area contributed by atoms with Crippen molar-refractivity contribution in [2.45, 2.75) is 4.90 Å². The lowest BCUT2D eigenvalue weighted by atomic mass is 10.2. The van der Waals surface area contributed by atoms with E-state index in [0.717, 1.165) is 0 Å². The number of sulfonamides is 1. The van der Waals surface area contributed by atoms with Crippen LogP contribution < -0.4 is 19.5 Å². The summed E-state index contributed by atoms with van der Waals surface area (Å²) < 4.78 is 49.7. The summed E-state index contributed by atoms with van der Waals surface area (Å²) in [7, 11) is -2.27. The highest BCUT2D eigenvalue weighted by atomic mass is 32.2. The number of benzene rings is 3. The maximum Gasteiger partial charge on any atom is 0.262 e. The Morgan fingerprint density at radius 1 is 0.943 bits per heavy atom. The topological polar surface area (TPSA) is 103 Å². The average molecular weight is 499 g/mol. The first-order chi connectivity index (χ1) is 17.0. The van der Waals surface area contributed by atoms with Crippen molar-refractivity contribution in [2.75, 3.05) is 45.3 Å². The van der Waals surface area contributed by atoms with Crippen LogP contribution in [0, 0.1) is 0 Å². The molecule has 1 saturated heterocycles. The smallest absolute Gasteiger partial charge is 0.262 e. The number of hydrogen-bond donors (Lipinski definition) is 1. The zero-order valence-electron chi connectivity index (χ0n) is 19.2. The third-order valence-corrected chi connectivity index (χ3v) is 7.13. The fraction of sp³-hybridized carbons (Fsp3) is 0.240. The maximum absolute atomic E-state index is 13.2. The van der Waals surface area contributed by atoms with E-state index in [4.69, 9.17) is 18.9 Å². The van der Waals surface area contributed by atoms with Gasteiger partial charge in [0, 0.05) is 13.1 Å². The number of anilines is 1. The van der Waals surface area contributed by atoms with Gasteiger partial charge in [-0.3, -0.25) is 4.79 Å². The molecule has 0 unspecified atom stereocenters. The van der Waals surface area contributed by atoms with E-state index in [0.29, 0.717) is 36.2 Å². The number of amides is 1. The van der Waals surface area contributed by atoms with Crippen LogP contribution in [-0.4, -0.2) is 58.7 Å². The van der Waals surface area contributed by atoms with Crippen LogP contribution in [-0.2, 0) is 19.6 Å². The van der Waals surface area contributed by atoms with Crippen molar-refractivity contribution in [3.05, 3.63) is 72.8 Å². The van der Waals surface area contributed by atoms with E-state index >= 15 is 0 Å². The van der Waals surface area contributed by atoms with Crippen LogP contribution in [0.3, 0.4) is 0 Å². The number of ether oxygens (including phenoxy) is 4. The predicted molar refractivity (Wildman–Crippen MR) is 130 cm³/mol. The fourth-order valence-electron chi connectivity index (χ4n) is 3.48. The summed E-state index contributed by atoms with van der Waals surface area (Å²) in [6, 6.07) is 20.3. The molecule has 4 rings (SSSR count). The summed E-state index contributed by atoms with van der Waals surface area (Å²) >= 11 is 0. The van der Waals surface area contributed by atoms with E-state index in [1.807, 2.05) is 18.2 Å². The van der Waals surface area contributed by atoms with Crippen LogP contribution in [0.2, 0.25) is 0 Å². The van der Waals surface area contributed by atoms with Crippen molar-refractivity contribution in [3.63, 3.8) is 0 Å². The Hall–Kier alpha value is -3.60. The molecule has 3 aromatic carbocycles. The van der Waals surface area contributed by atoms with Gasteiger partial charge in [0.25, 0.3) is 5.91 Å². The zero-order valence-corrected chi connectivity index (χ0v) is 20.0. The van der Waals surface area contributed by atoms with Gasteiger partial charge < -0.3 is 24.3 Å². The lowest BCUT2D eigenvalue weighted by Gasteiger charge is -2.26. The second-order valence-corrected chi connectivity index (χ2v) is 9.52. The van der Waals surface area contributed by atoms with Gasteiger partial charge in [0.05, 0.1) is 30.9 Å². The lowest BCUT2D eigenvalue weighted by Crippen LogP contribution is -2.40. The molecule has 184 valence electrons. The Bertz CT molecular complexity index is 1260. The highest BCUT2D eigenvalue weighted by molar-refractivity contribution is 7.89. The van der Waals surface area contributed by atoms with Crippen molar-refractivity contribution in [1.29, 1.82) is 0 Å². The first-order valence-corrected chi connectivity index (χ1v) is 12.4. The highest BCUT2D eigenvalue weighted by Gasteiger charge is 2.27. The second-order valence-electron chi connectivity index (χ2n) is 7.58. The van der Waals surface area contributed by atoms with Crippen molar-refractivity contribution in [1.82, 2.24) is 4.31 Å². The summed E-state index contributed by atoms with van der Waals surface area (Å²) in [5, 5.41) is 2.72. The molecule has 35 heavy (non-hydrogen) atoms. The van der Waals surface area contributed by atoms with Gasteiger partial charge in [-0.05, 0) is 42.5 Å². The van der Waals surface area contributed by atoms with Gasteiger partial charge in [-0.15, -0.1) is 0 Å². The number of carbonyl (C=O) groups excluding carboxylic acids is 1. The molecule has 3 aromatic rings. The third-order valence-electron chi connectivity index (χ3n) is 5.23. The van der Waals surface area contributed by atoms with E-state index in [1.54, 1.807) is 36.4 Å². The number of rotatable bonds is 9. The minimum absolute atomic E-state index is 0.0424. The minimum atomic E-state index is -3.78. The molecule has 10 heteroatoms. The summed E-state index contributed by atoms with van der Waals surface area (Å²) in [5.74, 6) is 1.25. The van der Waals surface area contributed by atoms with Crippen LogP contribution >= 0.6 is 0 Å². The van der Waals surface area contributed by atoms with Crippen LogP contribution in [0.25, 0.3) is 0 Å². The molecule has 0 saturated carbocycles. The van der Waals surface area contributed by atoms with Crippen molar-refractivity contribution in [2.24, 2.45) is 0 Å². The average Bonchev–Trinajstić information content (AvgIpc) is 2.89. The van der Waals surface area contributed by atoms with Crippen LogP contribution in [0.1, 0.15) is 0 Å². The Balaban J connectivity index is 1.57. The number of carbonyl (C=O) groups is 1. The minimum Gasteiger partial charge on any atom is -0.493 e. The van der Waals surface area contributed by atoms with Crippen molar-refractivity contribution < 1.29 is 32.2 Å². The van der Waals surface area contributed by atoms with Gasteiger partial charge in [-0.1, -0.05) is 30.3 Å². The molecule has 1 heterocycles. The first kappa shape index (κ1) is 24.5. The van der Waals surface area contributed by atoms with Crippen molar-refractivity contribution >= 4 is 21.6 Å². The lowest BCUT2D eigenvalue weighted by molar-refractivity contribution is -0.118. The largest absolute Gasteiger partial charge is 0.493 e. The highest BCUT2D eigenvalue weighted by Crippen LogP contribution is 2.33. The molecule has 0 aromatic heterocycles. The number of methoxy groups -OCH3 is 1. The number of hydrogen-bond acceptors (Lipinski definition) is 7. The molecule has 1 aliphatic heterocycles. The molecule has 0 atom stereocenters. The van der Waals surface area contributed by atoms with E-state index in [-0.39, 0.29) is 30.3 Å². The van der Waals surface area contributed by atoms with Crippen LogP contribution in [0.4, 0.5) is 5.69 Å². The van der Waals surface area contributed by atoms with Crippen LogP contribution in [0.5, 0.6) is 23.0 Å². The molecule has 0 bridgehead atoms. The number of nitrogens with zero attached hydrogens (tertiary/aromatic N) is 1. The Labute approximate surface area is 204 Å². The zero-order chi connectivity index (χ0) is 24.7. The molecule has 1 N–H and O–H groups in total. The van der Waals surface area contributed by atoms with Gasteiger partial charge in [-0.2, -0.15) is 4.31 Å². The Morgan fingerprint density at radius 3 is 2.34 bits per heavy atom. The molecular weight excluding hydrogens is 472 g/mol. The standard InChI is InChI=1S/C25H26N2O7S/c1-31-23-9-5-6-10-24(23)33-18-25(28)26-21-17-20(35(29,30)27-13-15-32-16-14-27)11-12-22(21)34-19-7-3-2-4-8-19/h2-12,17H,13-16,18H2,1H3,(H,26,28). The first-order valence-electron chi connectivity index (χ1n) is 11.0. The number of para-hydroxylation sites is 3. The maximum atomic E-state index is 13.2. The molecule has 1 aliphatic rings. The molecule has 9 nitrogen and oxygen atoms in total. The van der Waals surface area contributed by atoms with E-state index in [2.05, 4.69) is 5.32 Å². The summed E-state index contributed by atoms with van der Waals surface area (Å²) in [6.07, 6.45) is 0. The third kappa shape index (κ3) is 6.10. The molecule has 0 radical (unpaired) electrons. The predicted octanol–water partition coefficient (Wildman–Crippen LogP) is 3.53. The van der Waals surface area contributed by atoms with Gasteiger partial charge in [0.1, 0.15) is 5.75 Å². The van der Waals surface area contributed by atoms with Crippen molar-refractivity contribution in [3.8, 4) is 23.0 Å². The molecule has 0 spiro atoms. The summed E-state index contributed by atoms with van der Waals surface area (Å²) in [6.45, 7) is 0.875. The van der Waals surface area contributed by atoms with E-state index in [1.165, 1.54) is 29.6 Å². The van der Waals surface area contributed by atoms with Gasteiger partial charge >= 0.3 is 0 Å². The van der Waals surface area contributed by atoms with Gasteiger partial charge in [0.2, 0.25) is 10.0 Å². The monoisotopic (exact) mass is 498 g/mol. The fourth-order valence-corrected chi connectivity index (χ4v) is 4.91.